The molecule has 1 aromatic rings. The number of hydrogen-bond donors (Lipinski definition) is 0. The van der Waals surface area contributed by atoms with Crippen LogP contribution in [0.1, 0.15) is 16.7 Å². The topological polar surface area (TPSA) is 18.5 Å². The first-order valence-electron chi connectivity index (χ1n) is 4.36. The van der Waals surface area contributed by atoms with Crippen LogP contribution in [0.15, 0.2) is 6.07 Å². The van der Waals surface area contributed by atoms with Crippen molar-refractivity contribution in [1.82, 2.24) is 0 Å². The fourth-order valence-corrected chi connectivity index (χ4v) is 1.89. The molecule has 0 spiro atoms. The molecule has 0 saturated carbocycles. The highest BCUT2D eigenvalue weighted by Crippen LogP contribution is 2.27. The standard InChI is InChI=1S/C10H16O2S/c1-7(11-4)6-12-10-5-8(2)13-9(10)3/h5,7H,6H2,1-4H3. The second-order valence-corrected chi connectivity index (χ2v) is 4.60. The molecule has 0 N–H and O–H groups in total. The molecule has 0 saturated heterocycles. The third-order valence-corrected chi connectivity index (χ3v) is 2.82. The molecule has 1 atom stereocenters. The first kappa shape index (κ1) is 10.5. The molecule has 1 heterocycles. The highest BCUT2D eigenvalue weighted by molar-refractivity contribution is 7.12. The van der Waals surface area contributed by atoms with Crippen molar-refractivity contribution in [2.24, 2.45) is 0 Å². The summed E-state index contributed by atoms with van der Waals surface area (Å²) in [5.74, 6) is 0.992. The molecule has 0 amide bonds. The van der Waals surface area contributed by atoms with Crippen LogP contribution >= 0.6 is 11.3 Å². The van der Waals surface area contributed by atoms with Crippen molar-refractivity contribution >= 4 is 11.3 Å². The molecule has 1 rings (SSSR count). The highest BCUT2D eigenvalue weighted by atomic mass is 32.1. The number of methoxy groups -OCH3 is 1. The molecule has 0 aromatic carbocycles. The summed E-state index contributed by atoms with van der Waals surface area (Å²) in [4.78, 5) is 2.53. The fourth-order valence-electron chi connectivity index (χ4n) is 1.03. The number of thiophene rings is 1. The first-order chi connectivity index (χ1) is 6.13. The van der Waals surface area contributed by atoms with E-state index in [1.165, 1.54) is 9.75 Å². The minimum absolute atomic E-state index is 0.152. The van der Waals surface area contributed by atoms with Crippen LogP contribution in [0.5, 0.6) is 5.75 Å². The third kappa shape index (κ3) is 3.01. The normalized spacial score (nSPS) is 12.9. The summed E-state index contributed by atoms with van der Waals surface area (Å²) in [6.07, 6.45) is 0.152. The maximum Gasteiger partial charge on any atom is 0.133 e. The Labute approximate surface area is 83.5 Å². The van der Waals surface area contributed by atoms with Crippen molar-refractivity contribution in [1.29, 1.82) is 0 Å². The molecule has 2 nitrogen and oxygen atoms in total. The maximum absolute atomic E-state index is 5.60. The van der Waals surface area contributed by atoms with Gasteiger partial charge in [-0.1, -0.05) is 0 Å². The van der Waals surface area contributed by atoms with E-state index in [1.54, 1.807) is 18.4 Å². The molecule has 74 valence electrons. The van der Waals surface area contributed by atoms with Crippen LogP contribution in [-0.2, 0) is 4.74 Å². The van der Waals surface area contributed by atoms with Gasteiger partial charge in [0.05, 0.1) is 6.10 Å². The van der Waals surface area contributed by atoms with Gasteiger partial charge >= 0.3 is 0 Å². The van der Waals surface area contributed by atoms with Gasteiger partial charge in [0.25, 0.3) is 0 Å². The second-order valence-electron chi connectivity index (χ2n) is 3.13. The smallest absolute Gasteiger partial charge is 0.133 e. The Bertz CT molecular complexity index is 268. The van der Waals surface area contributed by atoms with Crippen LogP contribution in [0.4, 0.5) is 0 Å². The fraction of sp³-hybridized carbons (Fsp3) is 0.600. The van der Waals surface area contributed by atoms with Crippen LogP contribution in [0.3, 0.4) is 0 Å². The van der Waals surface area contributed by atoms with Gasteiger partial charge in [-0.05, 0) is 26.8 Å². The van der Waals surface area contributed by atoms with Crippen molar-refractivity contribution in [3.8, 4) is 5.75 Å². The van der Waals surface area contributed by atoms with Gasteiger partial charge in [0.2, 0.25) is 0 Å². The average Bonchev–Trinajstić information content (AvgIpc) is 2.41. The van der Waals surface area contributed by atoms with E-state index in [1.807, 2.05) is 6.92 Å². The van der Waals surface area contributed by atoms with E-state index in [2.05, 4.69) is 19.9 Å². The Morgan fingerprint density at radius 2 is 2.15 bits per heavy atom. The molecular formula is C10H16O2S. The Hall–Kier alpha value is -0.540. The van der Waals surface area contributed by atoms with Crippen molar-refractivity contribution in [2.45, 2.75) is 26.9 Å². The molecular weight excluding hydrogens is 184 g/mol. The molecule has 0 fully saturated rings. The summed E-state index contributed by atoms with van der Waals surface area (Å²) in [6.45, 7) is 6.77. The quantitative estimate of drug-likeness (QED) is 0.744. The van der Waals surface area contributed by atoms with Gasteiger partial charge < -0.3 is 9.47 Å². The summed E-state index contributed by atoms with van der Waals surface area (Å²) in [5, 5.41) is 0. The predicted octanol–water partition coefficient (Wildman–Crippen LogP) is 2.78. The maximum atomic E-state index is 5.60. The van der Waals surface area contributed by atoms with E-state index in [0.717, 1.165) is 5.75 Å². The van der Waals surface area contributed by atoms with Gasteiger partial charge in [0, 0.05) is 16.9 Å². The lowest BCUT2D eigenvalue weighted by Gasteiger charge is -2.10. The Balaban J connectivity index is 2.49. The van der Waals surface area contributed by atoms with Gasteiger partial charge in [-0.2, -0.15) is 0 Å². The molecule has 13 heavy (non-hydrogen) atoms. The van der Waals surface area contributed by atoms with Gasteiger partial charge in [0.15, 0.2) is 0 Å². The van der Waals surface area contributed by atoms with Crippen molar-refractivity contribution in [3.63, 3.8) is 0 Å². The zero-order chi connectivity index (χ0) is 9.84. The lowest BCUT2D eigenvalue weighted by Crippen LogP contribution is -2.15. The van der Waals surface area contributed by atoms with Crippen molar-refractivity contribution in [3.05, 3.63) is 15.8 Å². The second kappa shape index (κ2) is 4.63. The van der Waals surface area contributed by atoms with Crippen LogP contribution in [0, 0.1) is 13.8 Å². The van der Waals surface area contributed by atoms with Gasteiger partial charge in [-0.25, -0.2) is 0 Å². The Morgan fingerprint density at radius 3 is 2.62 bits per heavy atom. The number of ether oxygens (including phenoxy) is 2. The summed E-state index contributed by atoms with van der Waals surface area (Å²) < 4.78 is 10.7. The zero-order valence-corrected chi connectivity index (χ0v) is 9.40. The number of rotatable bonds is 4. The van der Waals surface area contributed by atoms with Crippen molar-refractivity contribution < 1.29 is 9.47 Å². The summed E-state index contributed by atoms with van der Waals surface area (Å²) in [6, 6.07) is 2.07. The van der Waals surface area contributed by atoms with Gasteiger partial charge in [0.1, 0.15) is 12.4 Å². The van der Waals surface area contributed by atoms with Gasteiger partial charge in [-0.15, -0.1) is 11.3 Å². The number of aryl methyl sites for hydroxylation is 2. The van der Waals surface area contributed by atoms with Crippen LogP contribution in [-0.4, -0.2) is 19.8 Å². The zero-order valence-electron chi connectivity index (χ0n) is 8.59. The Kier molecular flexibility index (Phi) is 3.75. The molecule has 3 heteroatoms. The lowest BCUT2D eigenvalue weighted by molar-refractivity contribution is 0.0716. The van der Waals surface area contributed by atoms with E-state index in [4.69, 9.17) is 9.47 Å². The van der Waals surface area contributed by atoms with E-state index in [-0.39, 0.29) is 6.10 Å². The highest BCUT2D eigenvalue weighted by Gasteiger charge is 2.05. The van der Waals surface area contributed by atoms with Crippen LogP contribution in [0.25, 0.3) is 0 Å². The monoisotopic (exact) mass is 200 g/mol. The first-order valence-corrected chi connectivity index (χ1v) is 5.17. The van der Waals surface area contributed by atoms with Crippen LogP contribution < -0.4 is 4.74 Å². The van der Waals surface area contributed by atoms with E-state index in [0.29, 0.717) is 6.61 Å². The Morgan fingerprint density at radius 1 is 1.46 bits per heavy atom. The molecule has 1 unspecified atom stereocenters. The average molecular weight is 200 g/mol. The minimum atomic E-state index is 0.152. The summed E-state index contributed by atoms with van der Waals surface area (Å²) >= 11 is 1.76. The SMILES string of the molecule is COC(C)COc1cc(C)sc1C. The molecule has 0 radical (unpaired) electrons. The predicted molar refractivity (Wildman–Crippen MR) is 55.8 cm³/mol. The van der Waals surface area contributed by atoms with Crippen LogP contribution in [0.2, 0.25) is 0 Å². The third-order valence-electron chi connectivity index (χ3n) is 1.87. The molecule has 1 aromatic heterocycles. The summed E-state index contributed by atoms with van der Waals surface area (Å²) in [7, 11) is 1.69. The minimum Gasteiger partial charge on any atom is -0.490 e. The van der Waals surface area contributed by atoms with E-state index < -0.39 is 0 Å². The van der Waals surface area contributed by atoms with E-state index in [9.17, 15) is 0 Å². The molecule has 0 aliphatic carbocycles. The van der Waals surface area contributed by atoms with Gasteiger partial charge in [-0.3, -0.25) is 0 Å². The molecule has 0 aliphatic rings. The largest absolute Gasteiger partial charge is 0.490 e. The number of hydrogen-bond acceptors (Lipinski definition) is 3. The lowest BCUT2D eigenvalue weighted by atomic mass is 10.4. The van der Waals surface area contributed by atoms with Crippen molar-refractivity contribution in [2.75, 3.05) is 13.7 Å². The molecule has 0 bridgehead atoms. The molecule has 0 aliphatic heterocycles. The summed E-state index contributed by atoms with van der Waals surface area (Å²) in [5.41, 5.74) is 0. The van der Waals surface area contributed by atoms with E-state index >= 15 is 0 Å².